The molecule has 0 saturated carbocycles. The summed E-state index contributed by atoms with van der Waals surface area (Å²) in [7, 11) is 3.24. The van der Waals surface area contributed by atoms with Crippen molar-refractivity contribution in [2.75, 3.05) is 40.5 Å². The average molecular weight is 390 g/mol. The van der Waals surface area contributed by atoms with Crippen LogP contribution in [-0.2, 0) is 4.74 Å². The van der Waals surface area contributed by atoms with Crippen LogP contribution in [0, 0.1) is 6.92 Å². The second-order valence-corrected chi connectivity index (χ2v) is 7.32. The van der Waals surface area contributed by atoms with Crippen molar-refractivity contribution >= 4 is 16.3 Å². The third kappa shape index (κ3) is 3.22. The fourth-order valence-electron chi connectivity index (χ4n) is 3.41. The third-order valence-electron chi connectivity index (χ3n) is 4.69. The Labute approximate surface area is 160 Å². The molecule has 0 amide bonds. The Morgan fingerprint density at radius 3 is 2.59 bits per heavy atom. The molecule has 1 aliphatic rings. The van der Waals surface area contributed by atoms with E-state index in [0.717, 1.165) is 23.5 Å². The first-order valence-corrected chi connectivity index (χ1v) is 9.52. The number of thiazole rings is 1. The highest BCUT2D eigenvalue weighted by atomic mass is 32.1. The van der Waals surface area contributed by atoms with Crippen LogP contribution in [-0.4, -0.2) is 65.1 Å². The van der Waals surface area contributed by atoms with E-state index in [2.05, 4.69) is 15.0 Å². The summed E-state index contributed by atoms with van der Waals surface area (Å²) < 4.78 is 17.9. The Balaban J connectivity index is 1.83. The fourth-order valence-corrected chi connectivity index (χ4v) is 4.58. The Kier molecular flexibility index (Phi) is 4.90. The van der Waals surface area contributed by atoms with Crippen LogP contribution in [0.2, 0.25) is 0 Å². The minimum absolute atomic E-state index is 0.127. The monoisotopic (exact) mass is 390 g/mol. The molecule has 3 heterocycles. The maximum absolute atomic E-state index is 10.8. The molecule has 0 bridgehead atoms. The molecule has 0 spiro atoms. The summed E-state index contributed by atoms with van der Waals surface area (Å²) in [5.74, 6) is 2.09. The van der Waals surface area contributed by atoms with Crippen LogP contribution in [0.4, 0.5) is 0 Å². The van der Waals surface area contributed by atoms with E-state index in [4.69, 9.17) is 14.2 Å². The molecule has 3 aromatic rings. The van der Waals surface area contributed by atoms with Crippen molar-refractivity contribution in [1.82, 2.24) is 19.5 Å². The van der Waals surface area contributed by atoms with E-state index in [1.54, 1.807) is 14.2 Å². The first-order valence-electron chi connectivity index (χ1n) is 8.71. The SMILES string of the molecule is COc1ccc([C@@H](c2sc3nc(C)nn3c2O)N2CCOCC2)cc1OC. The molecule has 1 fully saturated rings. The summed E-state index contributed by atoms with van der Waals surface area (Å²) in [6.07, 6.45) is 0. The summed E-state index contributed by atoms with van der Waals surface area (Å²) in [6, 6.07) is 5.70. The van der Waals surface area contributed by atoms with Crippen LogP contribution in [0.5, 0.6) is 17.4 Å². The molecule has 0 unspecified atom stereocenters. The number of aromatic nitrogens is 3. The van der Waals surface area contributed by atoms with E-state index < -0.39 is 0 Å². The van der Waals surface area contributed by atoms with Crippen LogP contribution < -0.4 is 9.47 Å². The highest BCUT2D eigenvalue weighted by molar-refractivity contribution is 7.17. The lowest BCUT2D eigenvalue weighted by Gasteiger charge is -2.34. The molecule has 2 aromatic heterocycles. The van der Waals surface area contributed by atoms with Gasteiger partial charge in [0.05, 0.1) is 38.4 Å². The fraction of sp³-hybridized carbons (Fsp3) is 0.444. The third-order valence-corrected chi connectivity index (χ3v) is 5.76. The standard InChI is InChI=1S/C18H22N4O4S/c1-11-19-18-22(20-11)17(23)16(27-18)15(21-6-8-26-9-7-21)12-4-5-13(24-2)14(10-12)25-3/h4-5,10,15,23H,6-9H2,1-3H3/t15-/m0/s1. The van der Waals surface area contributed by atoms with E-state index >= 15 is 0 Å². The number of morpholine rings is 1. The van der Waals surface area contributed by atoms with Gasteiger partial charge in [0.15, 0.2) is 11.5 Å². The van der Waals surface area contributed by atoms with E-state index in [1.807, 2.05) is 25.1 Å². The van der Waals surface area contributed by atoms with Crippen molar-refractivity contribution in [3.05, 3.63) is 34.5 Å². The second kappa shape index (κ2) is 7.34. The van der Waals surface area contributed by atoms with Crippen molar-refractivity contribution < 1.29 is 19.3 Å². The number of hydrogen-bond acceptors (Lipinski definition) is 8. The Hall–Kier alpha value is -2.36. The van der Waals surface area contributed by atoms with Crippen molar-refractivity contribution in [3.8, 4) is 17.4 Å². The molecule has 1 N–H and O–H groups in total. The largest absolute Gasteiger partial charge is 0.493 e. The Morgan fingerprint density at radius 2 is 1.93 bits per heavy atom. The number of benzene rings is 1. The molecule has 1 saturated heterocycles. The van der Waals surface area contributed by atoms with Gasteiger partial charge in [0.25, 0.3) is 0 Å². The zero-order chi connectivity index (χ0) is 19.0. The van der Waals surface area contributed by atoms with Gasteiger partial charge in [-0.2, -0.15) is 4.52 Å². The topological polar surface area (TPSA) is 81.4 Å². The Bertz CT molecular complexity index is 948. The van der Waals surface area contributed by atoms with Gasteiger partial charge in [-0.25, -0.2) is 4.98 Å². The van der Waals surface area contributed by atoms with Gasteiger partial charge in [-0.05, 0) is 24.6 Å². The number of aryl methyl sites for hydroxylation is 1. The number of nitrogens with zero attached hydrogens (tertiary/aromatic N) is 4. The lowest BCUT2D eigenvalue weighted by molar-refractivity contribution is 0.0240. The molecule has 144 valence electrons. The predicted octanol–water partition coefficient (Wildman–Crippen LogP) is 2.24. The van der Waals surface area contributed by atoms with Gasteiger partial charge < -0.3 is 19.3 Å². The number of methoxy groups -OCH3 is 2. The molecule has 9 heteroatoms. The van der Waals surface area contributed by atoms with E-state index in [9.17, 15) is 5.11 Å². The number of rotatable bonds is 5. The van der Waals surface area contributed by atoms with E-state index in [0.29, 0.717) is 35.5 Å². The van der Waals surface area contributed by atoms with Gasteiger partial charge in [-0.15, -0.1) is 5.10 Å². The smallest absolute Gasteiger partial charge is 0.230 e. The lowest BCUT2D eigenvalue weighted by atomic mass is 10.0. The van der Waals surface area contributed by atoms with E-state index in [-0.39, 0.29) is 11.9 Å². The van der Waals surface area contributed by atoms with Crippen LogP contribution >= 0.6 is 11.3 Å². The average Bonchev–Trinajstić information content (AvgIpc) is 3.20. The van der Waals surface area contributed by atoms with Gasteiger partial charge in [0.2, 0.25) is 10.8 Å². The van der Waals surface area contributed by atoms with Crippen molar-refractivity contribution in [3.63, 3.8) is 0 Å². The van der Waals surface area contributed by atoms with E-state index in [1.165, 1.54) is 15.9 Å². The maximum Gasteiger partial charge on any atom is 0.230 e. The number of aromatic hydroxyl groups is 1. The maximum atomic E-state index is 10.8. The quantitative estimate of drug-likeness (QED) is 0.715. The summed E-state index contributed by atoms with van der Waals surface area (Å²) in [4.78, 5) is 8.18. The van der Waals surface area contributed by atoms with Gasteiger partial charge in [0.1, 0.15) is 5.82 Å². The molecule has 1 atom stereocenters. The molecule has 27 heavy (non-hydrogen) atoms. The molecule has 0 radical (unpaired) electrons. The molecule has 8 nitrogen and oxygen atoms in total. The van der Waals surface area contributed by atoms with Crippen LogP contribution in [0.25, 0.3) is 4.96 Å². The van der Waals surface area contributed by atoms with Gasteiger partial charge in [-0.3, -0.25) is 4.90 Å². The normalized spacial score (nSPS) is 16.6. The lowest BCUT2D eigenvalue weighted by Crippen LogP contribution is -2.39. The van der Waals surface area contributed by atoms with Crippen LogP contribution in [0.1, 0.15) is 22.3 Å². The number of fused-ring (bicyclic) bond motifs is 1. The zero-order valence-corrected chi connectivity index (χ0v) is 16.3. The molecule has 1 aliphatic heterocycles. The summed E-state index contributed by atoms with van der Waals surface area (Å²) >= 11 is 1.45. The van der Waals surface area contributed by atoms with Crippen molar-refractivity contribution in [2.45, 2.75) is 13.0 Å². The molecular weight excluding hydrogens is 368 g/mol. The molecule has 0 aliphatic carbocycles. The highest BCUT2D eigenvalue weighted by Gasteiger charge is 2.31. The second-order valence-electron chi connectivity index (χ2n) is 6.31. The summed E-state index contributed by atoms with van der Waals surface area (Å²) in [5.41, 5.74) is 1.01. The van der Waals surface area contributed by atoms with Gasteiger partial charge in [0, 0.05) is 13.1 Å². The summed E-state index contributed by atoms with van der Waals surface area (Å²) in [5, 5.41) is 15.1. The van der Waals surface area contributed by atoms with Crippen molar-refractivity contribution in [2.24, 2.45) is 0 Å². The highest BCUT2D eigenvalue weighted by Crippen LogP contribution is 2.42. The first-order chi connectivity index (χ1) is 13.1. The Morgan fingerprint density at radius 1 is 1.19 bits per heavy atom. The van der Waals surface area contributed by atoms with Gasteiger partial charge in [-0.1, -0.05) is 17.4 Å². The van der Waals surface area contributed by atoms with Crippen LogP contribution in [0.15, 0.2) is 18.2 Å². The van der Waals surface area contributed by atoms with Gasteiger partial charge >= 0.3 is 0 Å². The molecule has 1 aromatic carbocycles. The van der Waals surface area contributed by atoms with Crippen LogP contribution in [0.3, 0.4) is 0 Å². The first kappa shape index (κ1) is 18.0. The summed E-state index contributed by atoms with van der Waals surface area (Å²) in [6.45, 7) is 4.66. The number of ether oxygens (including phenoxy) is 3. The number of hydrogen-bond donors (Lipinski definition) is 1. The predicted molar refractivity (Wildman–Crippen MR) is 101 cm³/mol. The molecule has 4 rings (SSSR count). The molecular formula is C18H22N4O4S. The van der Waals surface area contributed by atoms with Crippen molar-refractivity contribution in [1.29, 1.82) is 0 Å². The zero-order valence-electron chi connectivity index (χ0n) is 15.5. The minimum Gasteiger partial charge on any atom is -0.493 e. The minimum atomic E-state index is -0.150.